The Labute approximate surface area is 204 Å². The van der Waals surface area contributed by atoms with E-state index in [-0.39, 0.29) is 6.04 Å². The van der Waals surface area contributed by atoms with Gasteiger partial charge in [-0.3, -0.25) is 0 Å². The summed E-state index contributed by atoms with van der Waals surface area (Å²) >= 11 is 11.8. The molecule has 1 atom stereocenters. The predicted molar refractivity (Wildman–Crippen MR) is 135 cm³/mol. The Balaban J connectivity index is 1.75. The molecule has 0 saturated heterocycles. The van der Waals surface area contributed by atoms with Crippen molar-refractivity contribution in [3.05, 3.63) is 70.7 Å². The second kappa shape index (κ2) is 9.93. The minimum absolute atomic E-state index is 0.230. The molecule has 1 N–H and O–H groups in total. The zero-order valence-corrected chi connectivity index (χ0v) is 20.7. The van der Waals surface area contributed by atoms with E-state index >= 15 is 0 Å². The van der Waals surface area contributed by atoms with Crippen molar-refractivity contribution in [2.24, 2.45) is 5.92 Å². The van der Waals surface area contributed by atoms with Crippen LogP contribution in [0, 0.1) is 5.92 Å². The Morgan fingerprint density at radius 1 is 1.15 bits per heavy atom. The quantitative estimate of drug-likeness (QED) is 0.408. The summed E-state index contributed by atoms with van der Waals surface area (Å²) in [5.74, 6) is 2.21. The van der Waals surface area contributed by atoms with Crippen molar-refractivity contribution in [1.82, 2.24) is 20.4 Å². The molecule has 0 radical (unpaired) electrons. The number of nitrogens with one attached hydrogen (secondary N) is 1. The van der Waals surface area contributed by atoms with Gasteiger partial charge in [0, 0.05) is 22.8 Å². The lowest BCUT2D eigenvalue weighted by Crippen LogP contribution is -2.47. The van der Waals surface area contributed by atoms with Crippen LogP contribution < -0.4 is 10.1 Å². The molecule has 4 rings (SSSR count). The largest absolute Gasteiger partial charge is 0.494 e. The van der Waals surface area contributed by atoms with E-state index in [2.05, 4.69) is 36.1 Å². The number of allylic oxidation sites excluding steroid dienone is 1. The third-order valence-electron chi connectivity index (χ3n) is 5.43. The van der Waals surface area contributed by atoms with Gasteiger partial charge in [0.25, 0.3) is 5.89 Å². The molecule has 6 nitrogen and oxygen atoms in total. The summed E-state index contributed by atoms with van der Waals surface area (Å²) < 4.78 is 11.3. The minimum atomic E-state index is -0.230. The van der Waals surface area contributed by atoms with E-state index in [1.807, 2.05) is 55.5 Å². The second-order valence-electron chi connectivity index (χ2n) is 8.32. The molecule has 0 spiro atoms. The highest BCUT2D eigenvalue weighted by Gasteiger charge is 2.34. The Kier molecular flexibility index (Phi) is 7.00. The van der Waals surface area contributed by atoms with Crippen molar-refractivity contribution in [3.8, 4) is 17.1 Å². The molecule has 0 bridgehead atoms. The molecule has 0 aliphatic carbocycles. The molecule has 1 aliphatic heterocycles. The molecular weight excluding hydrogens is 456 g/mol. The van der Waals surface area contributed by atoms with Crippen LogP contribution in [-0.2, 0) is 0 Å². The van der Waals surface area contributed by atoms with Gasteiger partial charge in [0.2, 0.25) is 5.82 Å². The standard InChI is InChI=1S/C25H27ClN4O2S/c1-5-31-20-12-8-18(9-13-20)23-28-24(32-29-23)21-16(4)30(14-15(2)3)25(33)27-22(21)17-6-10-19(26)11-7-17/h6-13,15,22H,5,14H2,1-4H3,(H,27,33). The maximum Gasteiger partial charge on any atom is 0.258 e. The van der Waals surface area contributed by atoms with Crippen molar-refractivity contribution in [3.63, 3.8) is 0 Å². The van der Waals surface area contributed by atoms with Crippen LogP contribution >= 0.6 is 23.8 Å². The first-order chi connectivity index (χ1) is 15.9. The SMILES string of the molecule is CCOc1ccc(-c2noc(C3=C(C)N(CC(C)C)C(=S)NC3c3ccc(Cl)cc3)n2)cc1. The van der Waals surface area contributed by atoms with E-state index in [1.54, 1.807) is 0 Å². The Hall–Kier alpha value is -2.90. The molecule has 0 amide bonds. The topological polar surface area (TPSA) is 63.4 Å². The van der Waals surface area contributed by atoms with Crippen LogP contribution in [0.3, 0.4) is 0 Å². The lowest BCUT2D eigenvalue weighted by atomic mass is 9.94. The molecule has 172 valence electrons. The average molecular weight is 483 g/mol. The highest BCUT2D eigenvalue weighted by atomic mass is 35.5. The molecular formula is C25H27ClN4O2S. The summed E-state index contributed by atoms with van der Waals surface area (Å²) in [7, 11) is 0. The summed E-state index contributed by atoms with van der Waals surface area (Å²) in [6.45, 7) is 9.74. The summed E-state index contributed by atoms with van der Waals surface area (Å²) in [6, 6.07) is 15.1. The fourth-order valence-corrected chi connectivity index (χ4v) is 4.32. The van der Waals surface area contributed by atoms with E-state index in [4.69, 9.17) is 38.1 Å². The molecule has 2 aromatic carbocycles. The van der Waals surface area contributed by atoms with Crippen molar-refractivity contribution >= 4 is 34.5 Å². The molecule has 1 unspecified atom stereocenters. The highest BCUT2D eigenvalue weighted by molar-refractivity contribution is 7.80. The Morgan fingerprint density at radius 2 is 1.85 bits per heavy atom. The van der Waals surface area contributed by atoms with Gasteiger partial charge in [0.15, 0.2) is 5.11 Å². The molecule has 33 heavy (non-hydrogen) atoms. The van der Waals surface area contributed by atoms with E-state index in [1.165, 1.54) is 0 Å². The first-order valence-electron chi connectivity index (χ1n) is 11.0. The Morgan fingerprint density at radius 3 is 2.48 bits per heavy atom. The molecule has 8 heteroatoms. The molecule has 1 aromatic heterocycles. The van der Waals surface area contributed by atoms with E-state index in [0.29, 0.717) is 34.4 Å². The zero-order valence-electron chi connectivity index (χ0n) is 19.1. The molecule has 0 saturated carbocycles. The summed E-state index contributed by atoms with van der Waals surface area (Å²) in [4.78, 5) is 6.85. The Bertz CT molecular complexity index is 1160. The van der Waals surface area contributed by atoms with Gasteiger partial charge in [0.05, 0.1) is 18.2 Å². The van der Waals surface area contributed by atoms with Gasteiger partial charge in [-0.25, -0.2) is 0 Å². The molecule has 3 aromatic rings. The third-order valence-corrected chi connectivity index (χ3v) is 6.02. The number of nitrogens with zero attached hydrogens (tertiary/aromatic N) is 3. The van der Waals surface area contributed by atoms with Crippen LogP contribution in [0.1, 0.15) is 45.2 Å². The van der Waals surface area contributed by atoms with Gasteiger partial charge >= 0.3 is 0 Å². The number of rotatable bonds is 7. The second-order valence-corrected chi connectivity index (χ2v) is 9.14. The monoisotopic (exact) mass is 482 g/mol. The van der Waals surface area contributed by atoms with Crippen molar-refractivity contribution < 1.29 is 9.26 Å². The van der Waals surface area contributed by atoms with Gasteiger partial charge in [0.1, 0.15) is 5.75 Å². The molecule has 0 fully saturated rings. The maximum absolute atomic E-state index is 6.13. The van der Waals surface area contributed by atoms with Crippen LogP contribution in [0.4, 0.5) is 0 Å². The highest BCUT2D eigenvalue weighted by Crippen LogP contribution is 2.38. The number of hydrogen-bond donors (Lipinski definition) is 1. The number of halogens is 1. The van der Waals surface area contributed by atoms with Crippen LogP contribution in [-0.4, -0.2) is 33.3 Å². The lowest BCUT2D eigenvalue weighted by Gasteiger charge is -2.38. The third kappa shape index (κ3) is 5.04. The normalized spacial score (nSPS) is 16.4. The minimum Gasteiger partial charge on any atom is -0.494 e. The van der Waals surface area contributed by atoms with Gasteiger partial charge in [-0.05, 0) is 73.9 Å². The number of benzene rings is 2. The van der Waals surface area contributed by atoms with E-state index in [9.17, 15) is 0 Å². The van der Waals surface area contributed by atoms with Crippen LogP contribution in [0.2, 0.25) is 5.02 Å². The van der Waals surface area contributed by atoms with Gasteiger partial charge in [-0.15, -0.1) is 0 Å². The van der Waals surface area contributed by atoms with Crippen molar-refractivity contribution in [2.75, 3.05) is 13.2 Å². The summed E-state index contributed by atoms with van der Waals surface area (Å²) in [6.07, 6.45) is 0. The first kappa shape index (κ1) is 23.3. The van der Waals surface area contributed by atoms with Crippen molar-refractivity contribution in [2.45, 2.75) is 33.7 Å². The van der Waals surface area contributed by atoms with Gasteiger partial charge in [-0.1, -0.05) is 42.7 Å². The van der Waals surface area contributed by atoms with Gasteiger partial charge in [-0.2, -0.15) is 4.98 Å². The van der Waals surface area contributed by atoms with E-state index < -0.39 is 0 Å². The van der Waals surface area contributed by atoms with Crippen LogP contribution in [0.25, 0.3) is 17.0 Å². The van der Waals surface area contributed by atoms with Crippen LogP contribution in [0.15, 0.2) is 58.8 Å². The predicted octanol–water partition coefficient (Wildman–Crippen LogP) is 6.11. The summed E-state index contributed by atoms with van der Waals surface area (Å²) in [5.41, 5.74) is 3.76. The van der Waals surface area contributed by atoms with Crippen LogP contribution in [0.5, 0.6) is 5.75 Å². The number of aromatic nitrogens is 2. The number of hydrogen-bond acceptors (Lipinski definition) is 5. The zero-order chi connectivity index (χ0) is 23.5. The summed E-state index contributed by atoms with van der Waals surface area (Å²) in [5, 5.41) is 9.08. The fourth-order valence-electron chi connectivity index (χ4n) is 3.87. The van der Waals surface area contributed by atoms with Gasteiger partial charge < -0.3 is 19.5 Å². The molecule has 2 heterocycles. The maximum atomic E-state index is 6.13. The fraction of sp³-hybridized carbons (Fsp3) is 0.320. The first-order valence-corrected chi connectivity index (χ1v) is 11.8. The lowest BCUT2D eigenvalue weighted by molar-refractivity contribution is 0.340. The molecule has 1 aliphatic rings. The van der Waals surface area contributed by atoms with Crippen molar-refractivity contribution in [1.29, 1.82) is 0 Å². The number of ether oxygens (including phenoxy) is 1. The average Bonchev–Trinajstić information content (AvgIpc) is 3.27. The van der Waals surface area contributed by atoms with E-state index in [0.717, 1.165) is 34.7 Å². The smallest absolute Gasteiger partial charge is 0.258 e. The number of thiocarbonyl (C=S) groups is 1.